The van der Waals surface area contributed by atoms with Gasteiger partial charge in [0.05, 0.1) is 17.3 Å². The van der Waals surface area contributed by atoms with E-state index in [4.69, 9.17) is 5.53 Å². The minimum atomic E-state index is -0.681. The highest BCUT2D eigenvalue weighted by Gasteiger charge is 2.10. The van der Waals surface area contributed by atoms with E-state index in [0.717, 1.165) is 16.6 Å². The average molecular weight is 364 g/mol. The molecule has 2 heterocycles. The SMILES string of the molecule is CN(C)C(O)c1ccc(N/C=C(\N=N)c2cc3ccncc3[nH]c2=O)cc1. The maximum absolute atomic E-state index is 12.3. The van der Waals surface area contributed by atoms with Crippen molar-refractivity contribution in [2.24, 2.45) is 5.11 Å². The van der Waals surface area contributed by atoms with E-state index in [2.05, 4.69) is 20.4 Å². The Morgan fingerprint density at radius 3 is 2.74 bits per heavy atom. The molecular weight excluding hydrogens is 344 g/mol. The van der Waals surface area contributed by atoms with Crippen LogP contribution in [0.2, 0.25) is 0 Å². The zero-order valence-corrected chi connectivity index (χ0v) is 15.0. The molecule has 3 aromatic rings. The maximum Gasteiger partial charge on any atom is 0.258 e. The number of benzene rings is 1. The number of pyridine rings is 2. The van der Waals surface area contributed by atoms with Gasteiger partial charge in [-0.05, 0) is 43.9 Å². The molecule has 0 amide bonds. The summed E-state index contributed by atoms with van der Waals surface area (Å²) >= 11 is 0. The van der Waals surface area contributed by atoms with E-state index >= 15 is 0 Å². The van der Waals surface area contributed by atoms with Crippen LogP contribution in [0.1, 0.15) is 17.4 Å². The van der Waals surface area contributed by atoms with Gasteiger partial charge in [-0.1, -0.05) is 12.1 Å². The van der Waals surface area contributed by atoms with E-state index < -0.39 is 6.23 Å². The molecule has 1 atom stereocenters. The van der Waals surface area contributed by atoms with Gasteiger partial charge in [0.1, 0.15) is 11.9 Å². The molecular formula is C19H20N6O2. The van der Waals surface area contributed by atoms with E-state index in [9.17, 15) is 9.90 Å². The number of rotatable bonds is 6. The lowest BCUT2D eigenvalue weighted by Crippen LogP contribution is -2.19. The lowest BCUT2D eigenvalue weighted by Gasteiger charge is -2.18. The van der Waals surface area contributed by atoms with E-state index in [1.807, 2.05) is 0 Å². The molecule has 8 nitrogen and oxygen atoms in total. The minimum Gasteiger partial charge on any atom is -0.374 e. The van der Waals surface area contributed by atoms with Gasteiger partial charge in [-0.15, -0.1) is 0 Å². The number of hydrogen-bond donors (Lipinski definition) is 4. The maximum atomic E-state index is 12.3. The van der Waals surface area contributed by atoms with Crippen molar-refractivity contribution < 1.29 is 5.11 Å². The predicted octanol–water partition coefficient (Wildman–Crippen LogP) is 2.92. The Morgan fingerprint density at radius 1 is 1.33 bits per heavy atom. The molecule has 3 rings (SSSR count). The van der Waals surface area contributed by atoms with Crippen LogP contribution in [0.3, 0.4) is 0 Å². The molecule has 0 aliphatic rings. The molecule has 138 valence electrons. The van der Waals surface area contributed by atoms with Crippen molar-refractivity contribution in [3.05, 3.63) is 76.5 Å². The minimum absolute atomic E-state index is 0.201. The van der Waals surface area contributed by atoms with Crippen LogP contribution >= 0.6 is 0 Å². The first-order valence-electron chi connectivity index (χ1n) is 8.25. The topological polar surface area (TPSA) is 117 Å². The summed E-state index contributed by atoms with van der Waals surface area (Å²) in [5.74, 6) is 0. The fraction of sp³-hybridized carbons (Fsp3) is 0.158. The Hall–Kier alpha value is -3.36. The average Bonchev–Trinajstić information content (AvgIpc) is 2.68. The highest BCUT2D eigenvalue weighted by Crippen LogP contribution is 2.20. The van der Waals surface area contributed by atoms with Crippen LogP contribution in [-0.2, 0) is 0 Å². The standard InChI is InChI=1S/C19H20N6O2/c1-25(2)19(27)12-3-5-14(6-4-12)22-11-17(24-20)15-9-13-7-8-21-10-16(13)23-18(15)26/h3-11,19-20,22,27H,1-2H3,(H,23,26)/b17-11-,24-20?. The number of aromatic nitrogens is 2. The molecule has 2 aromatic heterocycles. The summed E-state index contributed by atoms with van der Waals surface area (Å²) in [6.45, 7) is 0. The number of hydrogen-bond acceptors (Lipinski definition) is 7. The van der Waals surface area contributed by atoms with Crippen LogP contribution in [0, 0.1) is 5.53 Å². The van der Waals surface area contributed by atoms with E-state index in [1.54, 1.807) is 67.8 Å². The summed E-state index contributed by atoms with van der Waals surface area (Å²) in [5, 5.41) is 17.3. The van der Waals surface area contributed by atoms with E-state index in [0.29, 0.717) is 5.52 Å². The molecule has 0 aliphatic heterocycles. The Kier molecular flexibility index (Phi) is 5.39. The molecule has 4 N–H and O–H groups in total. The highest BCUT2D eigenvalue weighted by atomic mass is 16.3. The Bertz CT molecular complexity index is 1040. The second-order valence-corrected chi connectivity index (χ2v) is 6.22. The Morgan fingerprint density at radius 2 is 2.07 bits per heavy atom. The first kappa shape index (κ1) is 18.4. The first-order valence-corrected chi connectivity index (χ1v) is 8.25. The molecule has 0 bridgehead atoms. The fourth-order valence-electron chi connectivity index (χ4n) is 2.61. The van der Waals surface area contributed by atoms with Gasteiger partial charge in [0.25, 0.3) is 5.56 Å². The van der Waals surface area contributed by atoms with Crippen molar-refractivity contribution >= 4 is 22.3 Å². The first-order chi connectivity index (χ1) is 13.0. The second-order valence-electron chi connectivity index (χ2n) is 6.22. The van der Waals surface area contributed by atoms with Gasteiger partial charge in [-0.2, -0.15) is 5.11 Å². The van der Waals surface area contributed by atoms with E-state index in [1.165, 1.54) is 6.20 Å². The van der Waals surface area contributed by atoms with Gasteiger partial charge in [0.15, 0.2) is 0 Å². The van der Waals surface area contributed by atoms with Gasteiger partial charge in [-0.3, -0.25) is 14.7 Å². The normalized spacial score (nSPS) is 13.0. The summed E-state index contributed by atoms with van der Waals surface area (Å²) < 4.78 is 0. The number of H-pyrrole nitrogens is 1. The second kappa shape index (κ2) is 7.90. The van der Waals surface area contributed by atoms with Crippen molar-refractivity contribution in [2.45, 2.75) is 6.23 Å². The van der Waals surface area contributed by atoms with Gasteiger partial charge >= 0.3 is 0 Å². The zero-order valence-electron chi connectivity index (χ0n) is 15.0. The number of fused-ring (bicyclic) bond motifs is 1. The quantitative estimate of drug-likeness (QED) is 0.396. The lowest BCUT2D eigenvalue weighted by atomic mass is 10.1. The summed E-state index contributed by atoms with van der Waals surface area (Å²) in [4.78, 5) is 20.7. The van der Waals surface area contributed by atoms with Crippen LogP contribution in [-0.4, -0.2) is 34.1 Å². The molecule has 0 radical (unpaired) electrons. The number of aliphatic hydroxyl groups is 1. The zero-order chi connectivity index (χ0) is 19.4. The van der Waals surface area contributed by atoms with E-state index in [-0.39, 0.29) is 16.8 Å². The van der Waals surface area contributed by atoms with Crippen molar-refractivity contribution in [1.29, 1.82) is 5.53 Å². The van der Waals surface area contributed by atoms with Crippen molar-refractivity contribution in [1.82, 2.24) is 14.9 Å². The molecule has 0 saturated carbocycles. The molecule has 27 heavy (non-hydrogen) atoms. The van der Waals surface area contributed by atoms with Crippen LogP contribution in [0.25, 0.3) is 16.6 Å². The molecule has 0 saturated heterocycles. The number of aliphatic hydroxyl groups excluding tert-OH is 1. The lowest BCUT2D eigenvalue weighted by molar-refractivity contribution is 0.0395. The molecule has 0 aliphatic carbocycles. The van der Waals surface area contributed by atoms with Crippen LogP contribution in [0.5, 0.6) is 0 Å². The highest BCUT2D eigenvalue weighted by molar-refractivity contribution is 5.81. The van der Waals surface area contributed by atoms with Crippen LogP contribution in [0.4, 0.5) is 5.69 Å². The van der Waals surface area contributed by atoms with Crippen LogP contribution in [0.15, 0.2) is 64.9 Å². The molecule has 1 aromatic carbocycles. The predicted molar refractivity (Wildman–Crippen MR) is 104 cm³/mol. The summed E-state index contributed by atoms with van der Waals surface area (Å²) in [6, 6.07) is 10.7. The van der Waals surface area contributed by atoms with Crippen molar-refractivity contribution in [3.63, 3.8) is 0 Å². The van der Waals surface area contributed by atoms with Crippen LogP contribution < -0.4 is 10.9 Å². The van der Waals surface area contributed by atoms with Gasteiger partial charge in [0, 0.05) is 23.5 Å². The van der Waals surface area contributed by atoms with Gasteiger partial charge < -0.3 is 15.4 Å². The summed E-state index contributed by atoms with van der Waals surface area (Å²) in [7, 11) is 3.58. The molecule has 0 fully saturated rings. The Labute approximate surface area is 155 Å². The third-order valence-corrected chi connectivity index (χ3v) is 4.12. The number of anilines is 1. The molecule has 0 spiro atoms. The third kappa shape index (κ3) is 4.08. The fourth-order valence-corrected chi connectivity index (χ4v) is 2.61. The smallest absolute Gasteiger partial charge is 0.258 e. The number of aromatic amines is 1. The number of nitrogens with zero attached hydrogens (tertiary/aromatic N) is 3. The van der Waals surface area contributed by atoms with Gasteiger partial charge in [-0.25, -0.2) is 5.53 Å². The molecule has 8 heteroatoms. The van der Waals surface area contributed by atoms with Crippen molar-refractivity contribution in [2.75, 3.05) is 19.4 Å². The largest absolute Gasteiger partial charge is 0.374 e. The van der Waals surface area contributed by atoms with Gasteiger partial charge in [0.2, 0.25) is 0 Å². The number of nitrogens with one attached hydrogen (secondary N) is 3. The Balaban J connectivity index is 1.86. The van der Waals surface area contributed by atoms with Crippen molar-refractivity contribution in [3.8, 4) is 0 Å². The summed E-state index contributed by atoms with van der Waals surface area (Å²) in [6.07, 6.45) is 4.03. The summed E-state index contributed by atoms with van der Waals surface area (Å²) in [5.41, 5.74) is 9.69. The third-order valence-electron chi connectivity index (χ3n) is 4.12. The monoisotopic (exact) mass is 364 g/mol. The molecule has 1 unspecified atom stereocenters.